The molecular weight excluding hydrogens is 581 g/mol. The molecule has 0 aliphatic carbocycles. The summed E-state index contributed by atoms with van der Waals surface area (Å²) < 4.78 is 13.2. The van der Waals surface area contributed by atoms with E-state index in [2.05, 4.69) is 145 Å². The van der Waals surface area contributed by atoms with Gasteiger partial charge in [0.25, 0.3) is 6.71 Å². The molecule has 0 amide bonds. The molecule has 5 heteroatoms. The van der Waals surface area contributed by atoms with Gasteiger partial charge in [-0.3, -0.25) is 0 Å². The summed E-state index contributed by atoms with van der Waals surface area (Å²) in [6.45, 7) is 2.15. The van der Waals surface area contributed by atoms with Crippen molar-refractivity contribution in [1.82, 2.24) is 0 Å². The van der Waals surface area contributed by atoms with Gasteiger partial charge in [0.1, 0.15) is 23.0 Å². The lowest BCUT2D eigenvalue weighted by atomic mass is 9.35. The maximum absolute atomic E-state index is 6.75. The summed E-state index contributed by atoms with van der Waals surface area (Å²) in [5, 5.41) is 2.50. The van der Waals surface area contributed by atoms with Crippen molar-refractivity contribution in [2.75, 3.05) is 4.90 Å². The number of ether oxygens (including phenoxy) is 2. The van der Waals surface area contributed by atoms with Crippen molar-refractivity contribution < 1.29 is 9.47 Å². The van der Waals surface area contributed by atoms with E-state index in [0.29, 0.717) is 0 Å². The minimum atomic E-state index is 0.0510. The highest BCUT2D eigenvalue weighted by molar-refractivity contribution is 7.99. The van der Waals surface area contributed by atoms with Gasteiger partial charge in [0.15, 0.2) is 0 Å². The molecule has 3 aliphatic rings. The molecule has 10 rings (SSSR count). The second kappa shape index (κ2) is 9.81. The van der Waals surface area contributed by atoms with Gasteiger partial charge in [-0.05, 0) is 101 Å². The third kappa shape index (κ3) is 3.76. The largest absolute Gasteiger partial charge is 0.458 e. The number of anilines is 3. The van der Waals surface area contributed by atoms with Gasteiger partial charge in [-0.2, -0.15) is 0 Å². The van der Waals surface area contributed by atoms with Crippen molar-refractivity contribution in [2.24, 2.45) is 0 Å². The lowest BCUT2D eigenvalue weighted by Gasteiger charge is -2.34. The van der Waals surface area contributed by atoms with Gasteiger partial charge in [-0.15, -0.1) is 0 Å². The van der Waals surface area contributed by atoms with Crippen molar-refractivity contribution in [1.29, 1.82) is 0 Å². The van der Waals surface area contributed by atoms with Crippen molar-refractivity contribution in [3.8, 4) is 34.1 Å². The van der Waals surface area contributed by atoms with Crippen LogP contribution in [-0.2, 0) is 0 Å². The van der Waals surface area contributed by atoms with Crippen LogP contribution in [0.3, 0.4) is 0 Å². The molecule has 7 aromatic carbocycles. The van der Waals surface area contributed by atoms with Gasteiger partial charge in [0.05, 0.1) is 5.69 Å². The molecule has 0 N–H and O–H groups in total. The van der Waals surface area contributed by atoms with Gasteiger partial charge >= 0.3 is 0 Å². The Morgan fingerprint density at radius 2 is 1.24 bits per heavy atom. The number of aryl methyl sites for hydroxylation is 1. The van der Waals surface area contributed by atoms with Crippen LogP contribution < -0.4 is 30.8 Å². The summed E-state index contributed by atoms with van der Waals surface area (Å²) in [4.78, 5) is 4.88. The molecule has 0 saturated heterocycles. The first kappa shape index (κ1) is 25.9. The SMILES string of the molecule is Cc1cc2c3c(c1)Oc1cc4c(cc1B3c1ccccc1O2)Sc1cccc2c(N(c3ccccc3)c3ccccc3)ccc-4c12. The summed E-state index contributed by atoms with van der Waals surface area (Å²) in [5.74, 6) is 3.60. The van der Waals surface area contributed by atoms with Crippen LogP contribution in [0.1, 0.15) is 5.56 Å². The van der Waals surface area contributed by atoms with Gasteiger partial charge < -0.3 is 14.4 Å². The maximum Gasteiger partial charge on any atom is 0.260 e. The zero-order valence-electron chi connectivity index (χ0n) is 25.0. The first-order chi connectivity index (χ1) is 22.7. The van der Waals surface area contributed by atoms with E-state index in [9.17, 15) is 0 Å². The predicted octanol–water partition coefficient (Wildman–Crippen LogP) is 9.48. The Hall–Kier alpha value is -5.39. The number of rotatable bonds is 3. The van der Waals surface area contributed by atoms with Crippen molar-refractivity contribution in [2.45, 2.75) is 16.7 Å². The van der Waals surface area contributed by atoms with E-state index in [4.69, 9.17) is 9.47 Å². The Morgan fingerprint density at radius 3 is 2.00 bits per heavy atom. The number of fused-ring (bicyclic) bond motifs is 6. The summed E-state index contributed by atoms with van der Waals surface area (Å²) in [6.07, 6.45) is 0. The second-order valence-electron chi connectivity index (χ2n) is 12.2. The minimum Gasteiger partial charge on any atom is -0.458 e. The highest BCUT2D eigenvalue weighted by Crippen LogP contribution is 2.52. The highest BCUT2D eigenvalue weighted by Gasteiger charge is 2.41. The van der Waals surface area contributed by atoms with Crippen molar-refractivity contribution >= 4 is 62.7 Å². The summed E-state index contributed by atoms with van der Waals surface area (Å²) in [6, 6.07) is 49.9. The fourth-order valence-corrected chi connectivity index (χ4v) is 8.63. The summed E-state index contributed by atoms with van der Waals surface area (Å²) in [7, 11) is 0. The molecule has 7 aromatic rings. The van der Waals surface area contributed by atoms with Crippen LogP contribution in [0.25, 0.3) is 21.9 Å². The quantitative estimate of drug-likeness (QED) is 0.187. The first-order valence-corrected chi connectivity index (χ1v) is 16.4. The molecule has 3 heterocycles. The fraction of sp³-hybridized carbons (Fsp3) is 0.0244. The van der Waals surface area contributed by atoms with Crippen LogP contribution in [0.15, 0.2) is 149 Å². The van der Waals surface area contributed by atoms with Gasteiger partial charge in [-0.1, -0.05) is 84.6 Å². The highest BCUT2D eigenvalue weighted by atomic mass is 32.2. The average molecular weight is 608 g/mol. The monoisotopic (exact) mass is 607 g/mol. The van der Waals surface area contributed by atoms with E-state index in [-0.39, 0.29) is 6.71 Å². The van der Waals surface area contributed by atoms with Crippen molar-refractivity contribution in [3.63, 3.8) is 0 Å². The van der Waals surface area contributed by atoms with Crippen LogP contribution in [0.4, 0.5) is 17.1 Å². The van der Waals surface area contributed by atoms with Gasteiger partial charge in [0, 0.05) is 37.4 Å². The zero-order chi connectivity index (χ0) is 30.4. The van der Waals surface area contributed by atoms with Crippen LogP contribution in [-0.4, -0.2) is 6.71 Å². The first-order valence-electron chi connectivity index (χ1n) is 15.6. The number of hydrogen-bond donors (Lipinski definition) is 0. The molecule has 46 heavy (non-hydrogen) atoms. The van der Waals surface area contributed by atoms with Crippen LogP contribution in [0.2, 0.25) is 0 Å². The van der Waals surface area contributed by atoms with Gasteiger partial charge in [0.2, 0.25) is 0 Å². The molecule has 3 nitrogen and oxygen atoms in total. The zero-order valence-corrected chi connectivity index (χ0v) is 25.8. The Kier molecular flexibility index (Phi) is 5.52. The summed E-state index contributed by atoms with van der Waals surface area (Å²) >= 11 is 1.85. The average Bonchev–Trinajstić information content (AvgIpc) is 3.09. The second-order valence-corrected chi connectivity index (χ2v) is 13.2. The molecule has 0 saturated carbocycles. The molecule has 0 unspecified atom stereocenters. The Bertz CT molecular complexity index is 2330. The van der Waals surface area contributed by atoms with Gasteiger partial charge in [-0.25, -0.2) is 0 Å². The lowest BCUT2D eigenvalue weighted by molar-refractivity contribution is 0.463. The Labute approximate surface area is 272 Å². The topological polar surface area (TPSA) is 21.7 Å². The van der Waals surface area contributed by atoms with E-state index in [1.807, 2.05) is 17.8 Å². The van der Waals surface area contributed by atoms with Crippen LogP contribution in [0.5, 0.6) is 23.0 Å². The van der Waals surface area contributed by atoms with E-state index in [1.54, 1.807) is 0 Å². The van der Waals surface area contributed by atoms with E-state index >= 15 is 0 Å². The van der Waals surface area contributed by atoms with E-state index < -0.39 is 0 Å². The minimum absolute atomic E-state index is 0.0510. The van der Waals surface area contributed by atoms with E-state index in [1.165, 1.54) is 42.6 Å². The molecule has 0 aromatic heterocycles. The maximum atomic E-state index is 6.75. The predicted molar refractivity (Wildman–Crippen MR) is 191 cm³/mol. The molecule has 3 aliphatic heterocycles. The number of nitrogens with zero attached hydrogens (tertiary/aromatic N) is 1. The fourth-order valence-electron chi connectivity index (χ4n) is 7.46. The number of benzene rings is 7. The van der Waals surface area contributed by atoms with Crippen molar-refractivity contribution in [3.05, 3.63) is 145 Å². The summed E-state index contributed by atoms with van der Waals surface area (Å²) in [5.41, 5.74) is 10.5. The van der Waals surface area contributed by atoms with Crippen LogP contribution in [0, 0.1) is 6.92 Å². The Morgan fingerprint density at radius 1 is 0.543 bits per heavy atom. The normalized spacial score (nSPS) is 13.1. The molecule has 216 valence electrons. The van der Waals surface area contributed by atoms with E-state index in [0.717, 1.165) is 51.1 Å². The molecule has 0 spiro atoms. The number of hydrogen-bond acceptors (Lipinski definition) is 4. The molecular formula is C41H26BNO2S. The molecule has 0 fully saturated rings. The third-order valence-electron chi connectivity index (χ3n) is 9.39. The molecule has 0 bridgehead atoms. The molecule has 0 radical (unpaired) electrons. The smallest absolute Gasteiger partial charge is 0.260 e. The number of para-hydroxylation sites is 3. The molecule has 0 atom stereocenters. The standard InChI is InChI=1S/C41H26BNO2S/c1-25-21-36-41-37(22-25)45-35-23-30-28-19-20-33(43(26-11-4-2-5-12-26)27-13-6-3-7-14-27)29-15-10-18-38(40(28)29)46-39(30)24-32(35)42(41)31-16-8-9-17-34(31)44-36/h2-24H,1H3. The third-order valence-corrected chi connectivity index (χ3v) is 10.5. The Balaban J connectivity index is 1.18. The van der Waals surface area contributed by atoms with Crippen LogP contribution >= 0.6 is 11.8 Å². The lowest BCUT2D eigenvalue weighted by Crippen LogP contribution is -2.57.